The van der Waals surface area contributed by atoms with E-state index in [1.54, 1.807) is 6.07 Å². The van der Waals surface area contributed by atoms with E-state index >= 15 is 0 Å². The van der Waals surface area contributed by atoms with Crippen molar-refractivity contribution >= 4 is 15.9 Å². The van der Waals surface area contributed by atoms with Gasteiger partial charge in [0.1, 0.15) is 11.9 Å². The summed E-state index contributed by atoms with van der Waals surface area (Å²) < 4.78 is 18.4. The Labute approximate surface area is 72.3 Å². The van der Waals surface area contributed by atoms with E-state index in [9.17, 15) is 4.39 Å². The topological polar surface area (TPSA) is 12.5 Å². The number of hydrogen-bond acceptors (Lipinski definition) is 1. The number of hydrogen-bond donors (Lipinski definition) is 0. The second-order valence-corrected chi connectivity index (χ2v) is 3.35. The van der Waals surface area contributed by atoms with Gasteiger partial charge in [-0.1, -0.05) is 6.07 Å². The molecule has 1 heterocycles. The summed E-state index contributed by atoms with van der Waals surface area (Å²) in [5, 5.41) is 0. The van der Waals surface area contributed by atoms with Crippen molar-refractivity contribution in [3.8, 4) is 0 Å². The van der Waals surface area contributed by atoms with E-state index in [0.717, 1.165) is 12.2 Å². The summed E-state index contributed by atoms with van der Waals surface area (Å²) in [6, 6.07) is 5.07. The van der Waals surface area contributed by atoms with Crippen LogP contribution in [0, 0.1) is 5.82 Å². The Balaban J connectivity index is 2.36. The third-order valence-electron chi connectivity index (χ3n) is 1.65. The zero-order chi connectivity index (χ0) is 7.84. The van der Waals surface area contributed by atoms with Crippen LogP contribution in [0.3, 0.4) is 0 Å². The van der Waals surface area contributed by atoms with Crippen LogP contribution in [0.4, 0.5) is 4.39 Å². The molecule has 0 aromatic heterocycles. The highest BCUT2D eigenvalue weighted by Gasteiger charge is 2.25. The highest BCUT2D eigenvalue weighted by atomic mass is 79.9. The lowest BCUT2D eigenvalue weighted by Gasteiger charge is -1.96. The van der Waals surface area contributed by atoms with E-state index in [4.69, 9.17) is 4.74 Å². The molecule has 0 spiro atoms. The zero-order valence-corrected chi connectivity index (χ0v) is 7.27. The summed E-state index contributed by atoms with van der Waals surface area (Å²) in [4.78, 5) is 0. The summed E-state index contributed by atoms with van der Waals surface area (Å²) in [5.74, 6) is -0.224. The zero-order valence-electron chi connectivity index (χ0n) is 5.68. The Morgan fingerprint density at radius 3 is 2.82 bits per heavy atom. The molecule has 1 aliphatic heterocycles. The van der Waals surface area contributed by atoms with Crippen LogP contribution in [0.15, 0.2) is 22.7 Å². The van der Waals surface area contributed by atoms with Gasteiger partial charge in [-0.05, 0) is 33.6 Å². The van der Waals surface area contributed by atoms with Gasteiger partial charge < -0.3 is 4.74 Å². The summed E-state index contributed by atoms with van der Waals surface area (Å²) in [6.07, 6.45) is 0.137. The standard InChI is InChI=1S/C8H6BrFO/c9-6-2-1-5(3-7(6)10)8-4-11-8/h1-3,8H,4H2/t8-/m0/s1. The molecule has 1 aromatic carbocycles. The largest absolute Gasteiger partial charge is 0.368 e. The molecule has 2 rings (SSSR count). The van der Waals surface area contributed by atoms with Crippen molar-refractivity contribution in [2.75, 3.05) is 6.61 Å². The molecule has 1 aromatic rings. The molecule has 1 saturated heterocycles. The monoisotopic (exact) mass is 216 g/mol. The molecule has 1 aliphatic rings. The first-order valence-corrected chi connectivity index (χ1v) is 4.13. The normalized spacial score (nSPS) is 21.8. The van der Waals surface area contributed by atoms with Crippen LogP contribution in [-0.2, 0) is 4.74 Å². The maximum atomic E-state index is 12.9. The fourth-order valence-corrected chi connectivity index (χ4v) is 1.20. The van der Waals surface area contributed by atoms with Gasteiger partial charge in [0.25, 0.3) is 0 Å². The van der Waals surface area contributed by atoms with E-state index in [2.05, 4.69) is 15.9 Å². The van der Waals surface area contributed by atoms with Crippen LogP contribution in [0.25, 0.3) is 0 Å². The Morgan fingerprint density at radius 2 is 2.27 bits per heavy atom. The first-order chi connectivity index (χ1) is 5.27. The number of benzene rings is 1. The molecule has 0 unspecified atom stereocenters. The minimum absolute atomic E-state index is 0.137. The Hall–Kier alpha value is -0.410. The van der Waals surface area contributed by atoms with Crippen molar-refractivity contribution in [3.05, 3.63) is 34.1 Å². The minimum atomic E-state index is -0.224. The van der Waals surface area contributed by atoms with Crippen LogP contribution < -0.4 is 0 Å². The third-order valence-corrected chi connectivity index (χ3v) is 2.29. The number of halogens is 2. The van der Waals surface area contributed by atoms with Gasteiger partial charge in [0.2, 0.25) is 0 Å². The number of epoxide rings is 1. The third kappa shape index (κ3) is 1.44. The summed E-state index contributed by atoms with van der Waals surface area (Å²) in [7, 11) is 0. The van der Waals surface area contributed by atoms with Crippen molar-refractivity contribution in [2.45, 2.75) is 6.10 Å². The first kappa shape index (κ1) is 7.25. The smallest absolute Gasteiger partial charge is 0.137 e. The highest BCUT2D eigenvalue weighted by molar-refractivity contribution is 9.10. The molecule has 1 fully saturated rings. The highest BCUT2D eigenvalue weighted by Crippen LogP contribution is 2.31. The van der Waals surface area contributed by atoms with Crippen molar-refractivity contribution in [2.24, 2.45) is 0 Å². The van der Waals surface area contributed by atoms with E-state index in [0.29, 0.717) is 4.47 Å². The lowest BCUT2D eigenvalue weighted by atomic mass is 10.2. The van der Waals surface area contributed by atoms with E-state index < -0.39 is 0 Å². The van der Waals surface area contributed by atoms with Gasteiger partial charge in [-0.25, -0.2) is 4.39 Å². The average molecular weight is 217 g/mol. The second-order valence-electron chi connectivity index (χ2n) is 2.50. The van der Waals surface area contributed by atoms with Gasteiger partial charge in [-0.2, -0.15) is 0 Å². The molecule has 1 nitrogen and oxygen atoms in total. The van der Waals surface area contributed by atoms with Gasteiger partial charge in [0, 0.05) is 0 Å². The van der Waals surface area contributed by atoms with Crippen molar-refractivity contribution in [1.82, 2.24) is 0 Å². The van der Waals surface area contributed by atoms with Crippen LogP contribution in [0.5, 0.6) is 0 Å². The fourth-order valence-electron chi connectivity index (χ4n) is 0.953. The van der Waals surface area contributed by atoms with E-state index in [-0.39, 0.29) is 11.9 Å². The van der Waals surface area contributed by atoms with Gasteiger partial charge in [0.05, 0.1) is 11.1 Å². The predicted octanol–water partition coefficient (Wildman–Crippen LogP) is 2.66. The van der Waals surface area contributed by atoms with Crippen molar-refractivity contribution in [1.29, 1.82) is 0 Å². The Bertz CT molecular complexity index is 283. The Kier molecular flexibility index (Phi) is 1.69. The predicted molar refractivity (Wildman–Crippen MR) is 42.8 cm³/mol. The van der Waals surface area contributed by atoms with Gasteiger partial charge in [-0.3, -0.25) is 0 Å². The lowest BCUT2D eigenvalue weighted by molar-refractivity contribution is 0.414. The van der Waals surface area contributed by atoms with Gasteiger partial charge in [-0.15, -0.1) is 0 Å². The molecule has 11 heavy (non-hydrogen) atoms. The summed E-state index contributed by atoms with van der Waals surface area (Å²) >= 11 is 3.08. The van der Waals surface area contributed by atoms with Crippen molar-refractivity contribution < 1.29 is 9.13 Å². The van der Waals surface area contributed by atoms with Crippen molar-refractivity contribution in [3.63, 3.8) is 0 Å². The van der Waals surface area contributed by atoms with Crippen LogP contribution in [-0.4, -0.2) is 6.61 Å². The number of ether oxygens (including phenoxy) is 1. The van der Waals surface area contributed by atoms with E-state index in [1.807, 2.05) is 6.07 Å². The maximum absolute atomic E-state index is 12.9. The van der Waals surface area contributed by atoms with Crippen LogP contribution >= 0.6 is 15.9 Å². The number of rotatable bonds is 1. The van der Waals surface area contributed by atoms with Crippen LogP contribution in [0.1, 0.15) is 11.7 Å². The molecular weight excluding hydrogens is 211 g/mol. The SMILES string of the molecule is Fc1cc([C@@H]2CO2)ccc1Br. The van der Waals surface area contributed by atoms with E-state index in [1.165, 1.54) is 6.07 Å². The molecule has 58 valence electrons. The molecule has 0 bridgehead atoms. The maximum Gasteiger partial charge on any atom is 0.137 e. The molecule has 0 radical (unpaired) electrons. The molecule has 0 saturated carbocycles. The summed E-state index contributed by atoms with van der Waals surface area (Å²) in [5.41, 5.74) is 0.922. The molecular formula is C8H6BrFO. The summed E-state index contributed by atoms with van der Waals surface area (Å²) in [6.45, 7) is 0.723. The van der Waals surface area contributed by atoms with Crippen LogP contribution in [0.2, 0.25) is 0 Å². The minimum Gasteiger partial charge on any atom is -0.368 e. The van der Waals surface area contributed by atoms with Gasteiger partial charge in [0.15, 0.2) is 0 Å². The second kappa shape index (κ2) is 2.57. The average Bonchev–Trinajstić information content (AvgIpc) is 2.77. The quantitative estimate of drug-likeness (QED) is 0.658. The molecule has 0 aliphatic carbocycles. The molecule has 1 atom stereocenters. The fraction of sp³-hybridized carbons (Fsp3) is 0.250. The molecule has 0 N–H and O–H groups in total. The lowest BCUT2D eigenvalue weighted by Crippen LogP contribution is -1.83. The molecule has 0 amide bonds. The molecule has 3 heteroatoms. The Morgan fingerprint density at radius 1 is 1.55 bits per heavy atom. The first-order valence-electron chi connectivity index (χ1n) is 3.34. The van der Waals surface area contributed by atoms with Gasteiger partial charge >= 0.3 is 0 Å².